The molecule has 0 aromatic carbocycles. The van der Waals surface area contributed by atoms with Crippen LogP contribution in [0.15, 0.2) is 58.6 Å². The van der Waals surface area contributed by atoms with Crippen LogP contribution in [0.5, 0.6) is 0 Å². The fraction of sp³-hybridized carbons (Fsp3) is 0.630. The first-order valence-electron chi connectivity index (χ1n) is 11.9. The third-order valence-electron chi connectivity index (χ3n) is 7.83. The van der Waals surface area contributed by atoms with Crippen LogP contribution >= 0.6 is 0 Å². The van der Waals surface area contributed by atoms with Gasteiger partial charge in [-0.2, -0.15) is 0 Å². The van der Waals surface area contributed by atoms with E-state index >= 15 is 0 Å². The summed E-state index contributed by atoms with van der Waals surface area (Å²) in [5, 5.41) is 21.8. The topological polar surface area (TPSA) is 81.4 Å². The quantitative estimate of drug-likeness (QED) is 0.448. The average molecular weight is 460 g/mol. The van der Waals surface area contributed by atoms with E-state index in [2.05, 4.69) is 38.7 Å². The molecule has 0 saturated heterocycles. The first-order chi connectivity index (χ1) is 14.8. The molecule has 0 unspecified atom stereocenters. The summed E-state index contributed by atoms with van der Waals surface area (Å²) in [5.74, 6) is 0.591. The van der Waals surface area contributed by atoms with Gasteiger partial charge in [-0.25, -0.2) is 8.99 Å². The van der Waals surface area contributed by atoms with Gasteiger partial charge in [0.15, 0.2) is 0 Å². The Morgan fingerprint density at radius 1 is 1.31 bits per heavy atom. The summed E-state index contributed by atoms with van der Waals surface area (Å²) in [5.41, 5.74) is 4.57. The fourth-order valence-corrected chi connectivity index (χ4v) is 6.42. The number of rotatable bonds is 4. The largest absolute Gasteiger partial charge is 0.393 e. The van der Waals surface area contributed by atoms with Crippen molar-refractivity contribution in [3.05, 3.63) is 58.6 Å². The maximum Gasteiger partial charge on any atom is 0.0811 e. The van der Waals surface area contributed by atoms with Gasteiger partial charge in [-0.15, -0.1) is 0 Å². The number of hydrogen-bond acceptors (Lipinski definition) is 4. The van der Waals surface area contributed by atoms with Crippen LogP contribution in [-0.4, -0.2) is 31.4 Å². The van der Waals surface area contributed by atoms with Crippen LogP contribution in [0.2, 0.25) is 0 Å². The van der Waals surface area contributed by atoms with Crippen molar-refractivity contribution >= 4 is 9.73 Å². The monoisotopic (exact) mass is 459 g/mol. The van der Waals surface area contributed by atoms with Crippen molar-refractivity contribution in [1.29, 1.82) is 4.78 Å². The summed E-state index contributed by atoms with van der Waals surface area (Å²) in [6.07, 6.45) is 12.7. The van der Waals surface area contributed by atoms with Gasteiger partial charge in [0, 0.05) is 16.6 Å². The van der Waals surface area contributed by atoms with Crippen LogP contribution in [0, 0.1) is 22.0 Å². The Kier molecular flexibility index (Phi) is 7.15. The third-order valence-corrected chi connectivity index (χ3v) is 10.2. The predicted molar refractivity (Wildman–Crippen MR) is 134 cm³/mol. The lowest BCUT2D eigenvalue weighted by molar-refractivity contribution is 0.0862. The van der Waals surface area contributed by atoms with E-state index in [4.69, 9.17) is 4.78 Å². The van der Waals surface area contributed by atoms with Crippen molar-refractivity contribution in [3.63, 3.8) is 0 Å². The third kappa shape index (κ3) is 4.90. The van der Waals surface area contributed by atoms with Gasteiger partial charge in [0.2, 0.25) is 0 Å². The van der Waals surface area contributed by atoms with E-state index in [0.29, 0.717) is 18.8 Å². The van der Waals surface area contributed by atoms with E-state index in [1.807, 2.05) is 26.8 Å². The Morgan fingerprint density at radius 3 is 2.66 bits per heavy atom. The van der Waals surface area contributed by atoms with Crippen molar-refractivity contribution in [3.8, 4) is 0 Å². The number of fused-ring (bicyclic) bond motifs is 1. The Bertz CT molecular complexity index is 977. The molecule has 4 nitrogen and oxygen atoms in total. The molecule has 5 heteroatoms. The number of allylic oxidation sites excluding steroid dienone is 6. The molecule has 0 amide bonds. The maximum absolute atomic E-state index is 12.8. The van der Waals surface area contributed by atoms with Gasteiger partial charge in [0.05, 0.1) is 21.9 Å². The number of nitrogens with one attached hydrogen (secondary N) is 1. The zero-order valence-electron chi connectivity index (χ0n) is 20.4. The lowest BCUT2D eigenvalue weighted by Gasteiger charge is -2.42. The predicted octanol–water partition coefficient (Wildman–Crippen LogP) is 6.04. The van der Waals surface area contributed by atoms with Crippen molar-refractivity contribution in [2.45, 2.75) is 90.1 Å². The summed E-state index contributed by atoms with van der Waals surface area (Å²) >= 11 is 0. The van der Waals surface area contributed by atoms with E-state index in [1.165, 1.54) is 11.1 Å². The molecule has 0 spiro atoms. The second kappa shape index (κ2) is 9.08. The van der Waals surface area contributed by atoms with Crippen molar-refractivity contribution in [1.82, 2.24) is 0 Å². The summed E-state index contributed by atoms with van der Waals surface area (Å²) < 4.78 is 20.4. The van der Waals surface area contributed by atoms with Gasteiger partial charge in [0.1, 0.15) is 0 Å². The van der Waals surface area contributed by atoms with Crippen LogP contribution in [-0.2, 0) is 9.73 Å². The molecule has 0 bridgehead atoms. The molecule has 0 aliphatic heterocycles. The lowest BCUT2D eigenvalue weighted by Crippen LogP contribution is -2.32. The van der Waals surface area contributed by atoms with Crippen LogP contribution in [0.25, 0.3) is 0 Å². The van der Waals surface area contributed by atoms with Crippen LogP contribution in [0.4, 0.5) is 0 Å². The van der Waals surface area contributed by atoms with Gasteiger partial charge in [-0.1, -0.05) is 55.9 Å². The average Bonchev–Trinajstić information content (AvgIpc) is 3.04. The minimum atomic E-state index is -2.79. The molecule has 0 radical (unpaired) electrons. The van der Waals surface area contributed by atoms with Gasteiger partial charge >= 0.3 is 0 Å². The first-order valence-corrected chi connectivity index (χ1v) is 13.5. The molecule has 3 rings (SSSR count). The Balaban J connectivity index is 1.81. The molecule has 32 heavy (non-hydrogen) atoms. The zero-order chi connectivity index (χ0) is 23.9. The molecular formula is C27H41NO3S. The number of hydrogen-bond donors (Lipinski definition) is 3. The van der Waals surface area contributed by atoms with Crippen molar-refractivity contribution in [2.24, 2.45) is 17.3 Å². The summed E-state index contributed by atoms with van der Waals surface area (Å²) in [4.78, 5) is 0. The minimum Gasteiger partial charge on any atom is -0.393 e. The molecule has 3 aliphatic rings. The van der Waals surface area contributed by atoms with Crippen LogP contribution in [0.3, 0.4) is 0 Å². The molecule has 0 aromatic rings. The highest BCUT2D eigenvalue weighted by atomic mass is 32.2. The summed E-state index contributed by atoms with van der Waals surface area (Å²) in [6.45, 7) is 14.1. The second-order valence-electron chi connectivity index (χ2n) is 11.1. The summed E-state index contributed by atoms with van der Waals surface area (Å²) in [7, 11) is -2.79. The Hall–Kier alpha value is -1.43. The normalized spacial score (nSPS) is 36.9. The molecule has 0 aromatic heterocycles. The maximum atomic E-state index is 12.8. The van der Waals surface area contributed by atoms with Gasteiger partial charge in [-0.05, 0) is 81.3 Å². The molecule has 3 aliphatic carbocycles. The van der Waals surface area contributed by atoms with E-state index in [0.717, 1.165) is 36.8 Å². The lowest BCUT2D eigenvalue weighted by atomic mass is 9.62. The molecular weight excluding hydrogens is 418 g/mol. The van der Waals surface area contributed by atoms with Gasteiger partial charge in [-0.3, -0.25) is 0 Å². The second-order valence-corrected chi connectivity index (χ2v) is 13.8. The van der Waals surface area contributed by atoms with Crippen molar-refractivity contribution in [2.75, 3.05) is 0 Å². The van der Waals surface area contributed by atoms with E-state index in [9.17, 15) is 14.4 Å². The molecule has 2 saturated carbocycles. The molecule has 6 atom stereocenters. The number of aliphatic hydroxyl groups excluding tert-OH is 2. The van der Waals surface area contributed by atoms with E-state index in [1.54, 1.807) is 5.41 Å². The Morgan fingerprint density at radius 2 is 2.00 bits per heavy atom. The van der Waals surface area contributed by atoms with Crippen molar-refractivity contribution < 1.29 is 14.4 Å². The molecule has 3 N–H and O–H groups in total. The minimum absolute atomic E-state index is 0.0690. The molecule has 0 heterocycles. The number of aliphatic hydroxyl groups is 2. The smallest absolute Gasteiger partial charge is 0.0811 e. The zero-order valence-corrected chi connectivity index (χ0v) is 21.2. The van der Waals surface area contributed by atoms with E-state index in [-0.39, 0.29) is 11.3 Å². The highest BCUT2D eigenvalue weighted by Gasteiger charge is 2.45. The van der Waals surface area contributed by atoms with Crippen LogP contribution < -0.4 is 0 Å². The van der Waals surface area contributed by atoms with Crippen LogP contribution in [0.1, 0.15) is 73.1 Å². The standard InChI is InChI=1S/C27H41NO3S/c1-18(13-15-32(28,31)26(3,4)5)23-11-12-24-20(8-7-14-27(23,24)6)9-10-21-16-22(29)17-25(30)19(21)2/h9-11,13,15,18,22,24-25,28-30H,2,7-8,12,14,16-17H2,1,3-6H3/b15-13+,20-9+,21-10-/t18-,22-,24+,25+,27-,32+/m1/s1. The highest BCUT2D eigenvalue weighted by molar-refractivity contribution is 7.96. The fourth-order valence-electron chi connectivity index (χ4n) is 5.56. The van der Waals surface area contributed by atoms with Gasteiger partial charge in [0.25, 0.3) is 0 Å². The summed E-state index contributed by atoms with van der Waals surface area (Å²) in [6, 6.07) is 0. The molecule has 2 fully saturated rings. The highest BCUT2D eigenvalue weighted by Crippen LogP contribution is 2.56. The van der Waals surface area contributed by atoms with E-state index < -0.39 is 26.7 Å². The Labute approximate surface area is 194 Å². The SMILES string of the molecule is C=C1/C(=C\C=C2/CCC[C@]3(C)C([C@H](C)/C=C/[S@](=N)(=O)C(C)(C)C)=CC[C@@H]23)C[C@@H](O)C[C@@H]1O. The first kappa shape index (κ1) is 25.2. The van der Waals surface area contributed by atoms with Gasteiger partial charge < -0.3 is 10.2 Å². The molecule has 178 valence electrons.